The van der Waals surface area contributed by atoms with E-state index in [9.17, 15) is 59.4 Å². The molecule has 8 atom stereocenters. The Morgan fingerprint density at radius 3 is 1.15 bits per heavy atom. The van der Waals surface area contributed by atoms with E-state index in [4.69, 9.17) is 48.7 Å². The first-order chi connectivity index (χ1) is 66.5. The van der Waals surface area contributed by atoms with Crippen LogP contribution in [0.5, 0.6) is 34.5 Å². The summed E-state index contributed by atoms with van der Waals surface area (Å²) in [5.41, 5.74) is 24.8. The first-order valence-corrected chi connectivity index (χ1v) is 48.2. The van der Waals surface area contributed by atoms with Gasteiger partial charge in [-0.15, -0.1) is 22.7 Å². The number of amides is 5. The summed E-state index contributed by atoms with van der Waals surface area (Å²) in [5.74, 6) is -0.599. The molecule has 0 saturated carbocycles. The number of aryl methyl sites for hydroxylation is 4. The molecule has 0 spiro atoms. The molecule has 6 heterocycles. The van der Waals surface area contributed by atoms with Gasteiger partial charge in [0.2, 0.25) is 29.5 Å². The second kappa shape index (κ2) is 49.3. The minimum absolute atomic E-state index is 0.0247. The third-order valence-electron chi connectivity index (χ3n) is 24.3. The number of aromatic hydroxyl groups is 4. The zero-order valence-corrected chi connectivity index (χ0v) is 82.3. The molecule has 33 heteroatoms. The highest BCUT2D eigenvalue weighted by molar-refractivity contribution is 7.13. The van der Waals surface area contributed by atoms with Crippen molar-refractivity contribution in [1.82, 2.24) is 44.9 Å². The number of ether oxygens (including phenoxy) is 8. The molecule has 0 unspecified atom stereocenters. The number of nitrogens with one attached hydrogen (secondary N) is 3. The van der Waals surface area contributed by atoms with Crippen LogP contribution in [0.2, 0.25) is 0 Å². The lowest BCUT2D eigenvalue weighted by Crippen LogP contribution is -2.58. The number of carboxylic acids is 1. The third-order valence-corrected chi connectivity index (χ3v) is 26.2. The summed E-state index contributed by atoms with van der Waals surface area (Å²) in [6.07, 6.45) is -1.32. The Hall–Kier alpha value is -12.6. The topological polar surface area (TPSA) is 422 Å². The van der Waals surface area contributed by atoms with E-state index < -0.39 is 65.0 Å². The molecule has 0 radical (unpaired) electrons. The van der Waals surface area contributed by atoms with Crippen molar-refractivity contribution in [3.8, 4) is 77.9 Å². The third kappa shape index (κ3) is 28.8. The van der Waals surface area contributed by atoms with Gasteiger partial charge in [0.05, 0.1) is 140 Å². The fraction of sp³-hybridized carbons (Fsp3) is 0.396. The van der Waals surface area contributed by atoms with E-state index in [1.807, 2.05) is 228 Å². The predicted octanol–water partition coefficient (Wildman–Crippen LogP) is 14.5. The number of fused-ring (bicyclic) bond motifs is 2. The summed E-state index contributed by atoms with van der Waals surface area (Å²) in [4.78, 5) is 90.6. The van der Waals surface area contributed by atoms with Gasteiger partial charge in [0.25, 0.3) is 0 Å². The Bertz CT molecular complexity index is 6070. The molecule has 4 aromatic heterocycles. The number of aliphatic hydroxyl groups is 2. The van der Waals surface area contributed by atoms with Crippen LogP contribution in [0.3, 0.4) is 0 Å². The lowest BCUT2D eigenvalue weighted by molar-refractivity contribution is -0.144. The molecule has 0 aliphatic carbocycles. The zero-order valence-electron chi connectivity index (χ0n) is 80.7. The molecular formula is C106H128N10O21S2. The summed E-state index contributed by atoms with van der Waals surface area (Å²) in [7, 11) is 0. The number of nitrogens with two attached hydrogens (primary N) is 1. The quantitative estimate of drug-likeness (QED) is 0.0159. The van der Waals surface area contributed by atoms with Gasteiger partial charge in [-0.2, -0.15) is 0 Å². The van der Waals surface area contributed by atoms with Crippen molar-refractivity contribution >= 4 is 80.0 Å². The Kier molecular flexibility index (Phi) is 37.3. The van der Waals surface area contributed by atoms with Crippen molar-refractivity contribution in [2.75, 3.05) is 106 Å². The molecule has 8 aromatic carbocycles. The van der Waals surface area contributed by atoms with Gasteiger partial charge in [-0.3, -0.25) is 24.0 Å². The smallest absolute Gasteiger partial charge is 0.329 e. The molecule has 2 fully saturated rings. The van der Waals surface area contributed by atoms with Crippen LogP contribution in [0, 0.1) is 38.5 Å². The minimum atomic E-state index is -1.00. The fourth-order valence-corrected chi connectivity index (χ4v) is 18.3. The average molecular weight is 1940 g/mol. The average Bonchev–Trinajstić information content (AvgIpc) is 1.61. The molecule has 14 rings (SSSR count). The highest BCUT2D eigenvalue weighted by Gasteiger charge is 2.46. The number of nitrogens with zero attached hydrogens (tertiary/aromatic N) is 6. The molecule has 12 N–H and O–H groups in total. The number of aromatic nitrogens is 4. The predicted molar refractivity (Wildman–Crippen MR) is 534 cm³/mol. The number of β-amino-alcohol motifs (C(OH)–C–C–N with tert-alkyl or cyclic N) is 2. The number of thiazole rings is 2. The van der Waals surface area contributed by atoms with E-state index in [-0.39, 0.29) is 112 Å². The molecule has 2 saturated heterocycles. The number of aliphatic hydroxyl groups excluding tert-OH is 2. The Labute approximate surface area is 817 Å². The van der Waals surface area contributed by atoms with Crippen molar-refractivity contribution in [3.05, 3.63) is 238 Å². The van der Waals surface area contributed by atoms with E-state index in [0.717, 1.165) is 116 Å². The lowest BCUT2D eigenvalue weighted by Gasteiger charge is -2.35. The fourth-order valence-electron chi connectivity index (χ4n) is 16.7. The number of carbonyl (C=O) groups is 6. The zero-order chi connectivity index (χ0) is 99.8. The Balaban J connectivity index is 0.000000207. The van der Waals surface area contributed by atoms with Crippen molar-refractivity contribution in [3.63, 3.8) is 0 Å². The SMILES string of the molecule is Cc1c(-c2ccc(O)cc2)n(Cc2ccc(OCCOCCOCCOCC(=O)O)cc2)c2ccc(O)cc12.Cc1ncsc1-c1ccc([C@H](C)NC(=O)[C@@H]2C[C@@H](O)CN2C(=O)[C@@H](N)C(C)(C)C)cc1.Cc1ncsc1-c1ccc([C@H](C)NC(=O)[C@@H]2C[C@@H](O)CN2C(=O)[C@@H](NC(=O)COCCOCCOCCOc2ccc(Cn3c(-c4ccc(O)cc4)c(C)c4cc(O)ccc43)cc2)C(C)(C)C)cc1. The maximum absolute atomic E-state index is 14.0. The van der Waals surface area contributed by atoms with Gasteiger partial charge in [0, 0.05) is 60.8 Å². The largest absolute Gasteiger partial charge is 0.508 e. The standard InChI is InChI=1S/C53H63N5O10S.C30H33NO8.C23H32N4O3S/c1-33-44-27-41(60)17-20-45(44)57(48(33)38-13-15-40(59)16-14-38)29-36-7-18-43(19-8-36)68-26-25-66-22-21-65-23-24-67-31-47(62)56-50(53(4,5)6)52(64)58-30-42(61)28-46(58)51(63)55-34(2)37-9-11-39(12-10-37)49-35(3)54-32-69-49;1-21-27-18-25(33)8-11-28(27)31(30(21)23-4-6-24(32)7-5-23)19-22-2-9-26(10-3-22)39-17-16-37-13-12-36-14-15-38-20-29(34)35;1-13(15-6-8-16(9-7-15)19-14(2)25-12-31-19)26-21(29)18-10-17(28)11-27(18)22(30)20(24)23(3,4)5/h7-20,27,32,34,42,46,50,59-61H,21-26,28-31H2,1-6H3,(H,55,63)(H,56,62);2-11,18,32-33H,12-17,19-20H2,1H3,(H,34,35);6-9,12-13,17-18,20,28H,10-11,24H2,1-5H3,(H,26,29)/t34-,42+,46-,50+;;13-,17+,18-,20+/m0.0/s1. The van der Waals surface area contributed by atoms with E-state index in [0.29, 0.717) is 78.3 Å². The van der Waals surface area contributed by atoms with Gasteiger partial charge in [0.15, 0.2) is 0 Å². The Morgan fingerprint density at radius 2 is 0.791 bits per heavy atom. The second-order valence-corrected chi connectivity index (χ2v) is 38.5. The first-order valence-electron chi connectivity index (χ1n) is 46.5. The molecule has 2 aliphatic heterocycles. The van der Waals surface area contributed by atoms with Crippen molar-refractivity contribution < 1.29 is 102 Å². The first kappa shape index (κ1) is 105. The van der Waals surface area contributed by atoms with Gasteiger partial charge in [0.1, 0.15) is 79.1 Å². The molecule has 5 amide bonds. The summed E-state index contributed by atoms with van der Waals surface area (Å²) >= 11 is 3.17. The number of likely N-dealkylation sites (tertiary alicyclic amines) is 2. The van der Waals surface area contributed by atoms with Gasteiger partial charge < -0.3 is 114 Å². The molecule has 0 bridgehead atoms. The normalized spacial score (nSPS) is 15.7. The molecule has 31 nitrogen and oxygen atoms in total. The number of carboxylic acid groups (broad SMARTS) is 1. The number of carbonyl (C=O) groups excluding carboxylic acids is 5. The number of hydrogen-bond acceptors (Lipinski definition) is 25. The van der Waals surface area contributed by atoms with Gasteiger partial charge in [-0.25, -0.2) is 14.8 Å². The van der Waals surface area contributed by atoms with Crippen LogP contribution in [0.25, 0.3) is 65.2 Å². The van der Waals surface area contributed by atoms with E-state index in [1.165, 1.54) is 9.80 Å². The summed E-state index contributed by atoms with van der Waals surface area (Å²) in [6.45, 7) is 27.6. The van der Waals surface area contributed by atoms with Crippen LogP contribution in [0.15, 0.2) is 193 Å². The molecule has 139 heavy (non-hydrogen) atoms. The van der Waals surface area contributed by atoms with Gasteiger partial charge >= 0.3 is 5.97 Å². The Morgan fingerprint density at radius 1 is 0.439 bits per heavy atom. The highest BCUT2D eigenvalue weighted by Crippen LogP contribution is 2.41. The molecule has 12 aromatic rings. The van der Waals surface area contributed by atoms with E-state index in [2.05, 4.69) is 35.1 Å². The number of benzene rings is 8. The number of phenolic OH excluding ortho intramolecular Hbond substituents is 4. The van der Waals surface area contributed by atoms with Gasteiger partial charge in [-0.1, -0.05) is 114 Å². The van der Waals surface area contributed by atoms with Crippen molar-refractivity contribution in [1.29, 1.82) is 0 Å². The monoisotopic (exact) mass is 1940 g/mol. The number of rotatable bonds is 41. The highest BCUT2D eigenvalue weighted by atomic mass is 32.1. The maximum Gasteiger partial charge on any atom is 0.329 e. The van der Waals surface area contributed by atoms with Crippen LogP contribution in [0.1, 0.15) is 125 Å². The maximum atomic E-state index is 14.0. The number of aliphatic carboxylic acids is 1. The number of phenols is 4. The van der Waals surface area contributed by atoms with Crippen LogP contribution >= 0.6 is 22.7 Å². The minimum Gasteiger partial charge on any atom is -0.508 e. The second-order valence-electron chi connectivity index (χ2n) is 36.8. The van der Waals surface area contributed by atoms with Crippen molar-refractivity contribution in [2.45, 2.75) is 157 Å². The number of hydrogen-bond donors (Lipinski definition) is 11. The van der Waals surface area contributed by atoms with Crippen LogP contribution < -0.4 is 31.2 Å². The van der Waals surface area contributed by atoms with Crippen molar-refractivity contribution in [2.24, 2.45) is 16.6 Å². The van der Waals surface area contributed by atoms with Crippen LogP contribution in [-0.2, 0) is 70.3 Å². The lowest BCUT2D eigenvalue weighted by atomic mass is 9.85. The molecular weight excluding hydrogens is 1810 g/mol. The van der Waals surface area contributed by atoms with Gasteiger partial charge in [-0.05, 0) is 217 Å². The molecule has 740 valence electrons. The summed E-state index contributed by atoms with van der Waals surface area (Å²) < 4.78 is 48.7. The summed E-state index contributed by atoms with van der Waals surface area (Å²) in [5, 5.41) is 79.9. The van der Waals surface area contributed by atoms with E-state index in [1.54, 1.807) is 71.2 Å². The summed E-state index contributed by atoms with van der Waals surface area (Å²) in [6, 6.07) is 52.9. The molecule has 2 aliphatic rings. The van der Waals surface area contributed by atoms with E-state index >= 15 is 0 Å². The van der Waals surface area contributed by atoms with Crippen LogP contribution in [0.4, 0.5) is 0 Å². The van der Waals surface area contributed by atoms with Crippen LogP contribution in [-0.4, -0.2) is 242 Å².